The van der Waals surface area contributed by atoms with E-state index in [1.54, 1.807) is 17.4 Å². The maximum absolute atomic E-state index is 11.4. The molecule has 0 aromatic carbocycles. The predicted octanol–water partition coefficient (Wildman–Crippen LogP) is -0.441. The first-order valence-electron chi connectivity index (χ1n) is 4.90. The van der Waals surface area contributed by atoms with Gasteiger partial charge in [0.05, 0.1) is 0 Å². The van der Waals surface area contributed by atoms with Crippen molar-refractivity contribution in [2.75, 3.05) is 6.66 Å². The van der Waals surface area contributed by atoms with Gasteiger partial charge in [-0.05, 0) is 0 Å². The Labute approximate surface area is 100 Å². The molecule has 17 heavy (non-hydrogen) atoms. The fourth-order valence-electron chi connectivity index (χ4n) is 1.18. The van der Waals surface area contributed by atoms with E-state index < -0.39 is 19.2 Å². The molecule has 0 aliphatic rings. The number of imidazole rings is 1. The van der Waals surface area contributed by atoms with Gasteiger partial charge in [0.15, 0.2) is 0 Å². The Bertz CT molecular complexity index is 505. The molecule has 0 radical (unpaired) electrons. The SMILES string of the molecule is B#P(C)C(=O)Cn1cnc(C[C@H](N)C(=O)O)c1. The van der Waals surface area contributed by atoms with Crippen LogP contribution in [0.4, 0.5) is 0 Å². The van der Waals surface area contributed by atoms with E-state index in [0.29, 0.717) is 5.69 Å². The summed E-state index contributed by atoms with van der Waals surface area (Å²) in [6, 6.07) is -0.980. The number of aromatic nitrogens is 2. The average molecular weight is 253 g/mol. The number of aliphatic carboxylic acids is 1. The number of carbonyl (C=O) groups excluding carboxylic acids is 1. The van der Waals surface area contributed by atoms with Crippen molar-refractivity contribution >= 4 is 25.7 Å². The molecule has 1 unspecified atom stereocenters. The van der Waals surface area contributed by atoms with Gasteiger partial charge in [0.2, 0.25) is 0 Å². The summed E-state index contributed by atoms with van der Waals surface area (Å²) in [5.41, 5.74) is 5.87. The van der Waals surface area contributed by atoms with Gasteiger partial charge in [0, 0.05) is 0 Å². The molecular formula is C9H13BN3O3P. The van der Waals surface area contributed by atoms with Gasteiger partial charge in [-0.2, -0.15) is 0 Å². The number of nitrogens with zero attached hydrogens (tertiary/aromatic N) is 2. The van der Waals surface area contributed by atoms with E-state index in [0.717, 1.165) is 0 Å². The molecule has 8 heteroatoms. The number of carboxylic acid groups (broad SMARTS) is 1. The van der Waals surface area contributed by atoms with Gasteiger partial charge in [-0.25, -0.2) is 0 Å². The van der Waals surface area contributed by atoms with Crippen LogP contribution in [0.1, 0.15) is 5.69 Å². The second-order valence-electron chi connectivity index (χ2n) is 3.69. The molecule has 1 aromatic heterocycles. The molecule has 0 aliphatic heterocycles. The third kappa shape index (κ3) is 4.21. The Morgan fingerprint density at radius 2 is 2.35 bits per heavy atom. The quantitative estimate of drug-likeness (QED) is 0.547. The van der Waals surface area contributed by atoms with Crippen molar-refractivity contribution in [3.63, 3.8) is 0 Å². The molecule has 3 N–H and O–H groups in total. The van der Waals surface area contributed by atoms with E-state index in [4.69, 9.17) is 17.8 Å². The molecule has 0 amide bonds. The van der Waals surface area contributed by atoms with E-state index >= 15 is 0 Å². The van der Waals surface area contributed by atoms with Gasteiger partial charge >= 0.3 is 99.6 Å². The minimum absolute atomic E-state index is 0.0496. The number of hydrogen-bond donors (Lipinski definition) is 2. The first kappa shape index (κ1) is 13.7. The van der Waals surface area contributed by atoms with Crippen LogP contribution in [0, 0.1) is 0 Å². The summed E-state index contributed by atoms with van der Waals surface area (Å²) in [4.78, 5) is 25.9. The minimum atomic E-state index is -1.11. The molecule has 6 nitrogen and oxygen atoms in total. The number of carboxylic acids is 1. The van der Waals surface area contributed by atoms with Crippen LogP contribution in [0.25, 0.3) is 0 Å². The molecule has 0 spiro atoms. The molecule has 2 atom stereocenters. The molecule has 0 aliphatic carbocycles. The van der Waals surface area contributed by atoms with Gasteiger partial charge in [-0.1, -0.05) is 0 Å². The van der Waals surface area contributed by atoms with Crippen molar-refractivity contribution < 1.29 is 14.7 Å². The second kappa shape index (κ2) is 5.84. The predicted molar refractivity (Wildman–Crippen MR) is 65.1 cm³/mol. The van der Waals surface area contributed by atoms with Crippen LogP contribution in [0.2, 0.25) is 0 Å². The summed E-state index contributed by atoms with van der Waals surface area (Å²) in [5, 5.41) is 8.64. The number of carbonyl (C=O) groups is 2. The van der Waals surface area contributed by atoms with E-state index in [-0.39, 0.29) is 18.5 Å². The first-order valence-corrected chi connectivity index (χ1v) is 6.76. The van der Waals surface area contributed by atoms with Crippen LogP contribution < -0.4 is 5.73 Å². The molecule has 1 heterocycles. The van der Waals surface area contributed by atoms with Crippen molar-refractivity contribution in [2.45, 2.75) is 19.0 Å². The Kier molecular flexibility index (Phi) is 4.72. The Balaban J connectivity index is 2.63. The average Bonchev–Trinajstić information content (AvgIpc) is 2.65. The van der Waals surface area contributed by atoms with Crippen molar-refractivity contribution in [1.29, 1.82) is 0 Å². The molecule has 1 aromatic rings. The molecule has 90 valence electrons. The summed E-state index contributed by atoms with van der Waals surface area (Å²) in [6.45, 7) is 1.84. The second-order valence-corrected chi connectivity index (χ2v) is 5.41. The number of rotatable bonds is 5. The summed E-state index contributed by atoms with van der Waals surface area (Å²) < 4.78 is 1.58. The molecule has 0 saturated heterocycles. The van der Waals surface area contributed by atoms with Gasteiger partial charge in [-0.3, -0.25) is 0 Å². The van der Waals surface area contributed by atoms with Gasteiger partial charge in [0.25, 0.3) is 0 Å². The monoisotopic (exact) mass is 253 g/mol. The van der Waals surface area contributed by atoms with Crippen molar-refractivity contribution in [3.05, 3.63) is 18.2 Å². The van der Waals surface area contributed by atoms with Crippen LogP contribution in [-0.2, 0) is 22.6 Å². The van der Waals surface area contributed by atoms with Crippen molar-refractivity contribution in [2.24, 2.45) is 5.73 Å². The van der Waals surface area contributed by atoms with Crippen LogP contribution in [0.5, 0.6) is 0 Å². The summed E-state index contributed by atoms with van der Waals surface area (Å²) in [5.74, 6) is -1.07. The summed E-state index contributed by atoms with van der Waals surface area (Å²) in [7, 11) is 4.39. The molecular weight excluding hydrogens is 240 g/mol. The molecule has 1 rings (SSSR count). The van der Waals surface area contributed by atoms with E-state index in [1.807, 2.05) is 0 Å². The van der Waals surface area contributed by atoms with Gasteiger partial charge < -0.3 is 0 Å². The molecule has 0 bridgehead atoms. The molecule has 0 saturated carbocycles. The van der Waals surface area contributed by atoms with E-state index in [9.17, 15) is 9.59 Å². The number of hydrogen-bond acceptors (Lipinski definition) is 4. The van der Waals surface area contributed by atoms with Gasteiger partial charge in [0.1, 0.15) is 0 Å². The fourth-order valence-corrected chi connectivity index (χ4v) is 1.56. The fraction of sp³-hybridized carbons (Fsp3) is 0.444. The van der Waals surface area contributed by atoms with Crippen molar-refractivity contribution in [1.82, 2.24) is 9.55 Å². The van der Waals surface area contributed by atoms with E-state index in [1.165, 1.54) is 6.33 Å². The summed E-state index contributed by atoms with van der Waals surface area (Å²) >= 11 is 0. The maximum atomic E-state index is 11.4. The Hall–Kier alpha value is -1.33. The Morgan fingerprint density at radius 1 is 1.71 bits per heavy atom. The van der Waals surface area contributed by atoms with Crippen LogP contribution in [0.15, 0.2) is 12.5 Å². The first-order chi connectivity index (χ1) is 7.90. The zero-order valence-electron chi connectivity index (χ0n) is 9.41. The molecule has 0 fully saturated rings. The Morgan fingerprint density at radius 3 is 2.88 bits per heavy atom. The topological polar surface area (TPSA) is 98.2 Å². The zero-order valence-corrected chi connectivity index (χ0v) is 10.3. The van der Waals surface area contributed by atoms with Crippen molar-refractivity contribution in [3.8, 4) is 0 Å². The third-order valence-corrected chi connectivity index (χ3v) is 3.07. The van der Waals surface area contributed by atoms with Gasteiger partial charge in [-0.15, -0.1) is 0 Å². The normalized spacial score (nSPS) is 13.3. The van der Waals surface area contributed by atoms with Crippen LogP contribution in [0.3, 0.4) is 0 Å². The van der Waals surface area contributed by atoms with Crippen LogP contribution in [-0.4, -0.2) is 45.9 Å². The summed E-state index contributed by atoms with van der Waals surface area (Å²) in [6.07, 6.45) is 3.22. The van der Waals surface area contributed by atoms with Crippen LogP contribution >= 0.6 is 7.24 Å². The zero-order chi connectivity index (χ0) is 13.0. The van der Waals surface area contributed by atoms with E-state index in [2.05, 4.69) is 4.98 Å². The standard InChI is InChI=1S/C9H13BN3O3P/c1-17(10)8(14)4-13-3-6(12-5-13)2-7(11)9(15)16/h3,5,7H,2,4,11H2,1H3,(H,15,16)/t7-/m0/s1. The third-order valence-electron chi connectivity index (χ3n) is 2.14. The number of nitrogens with two attached hydrogens (primary N) is 1.